The minimum absolute atomic E-state index is 0.00191. The molecule has 5 rings (SSSR count). The summed E-state index contributed by atoms with van der Waals surface area (Å²) in [7, 11) is 1.66. The molecule has 190 valence electrons. The molecule has 0 spiro atoms. The van der Waals surface area contributed by atoms with Crippen molar-refractivity contribution in [1.29, 1.82) is 0 Å². The monoisotopic (exact) mass is 518 g/mol. The Morgan fingerprint density at radius 2 is 1.95 bits per heavy atom. The van der Waals surface area contributed by atoms with Gasteiger partial charge in [-0.2, -0.15) is 5.10 Å². The Bertz CT molecular complexity index is 1430. The van der Waals surface area contributed by atoms with Crippen LogP contribution >= 0.6 is 11.6 Å². The molecule has 1 aromatic heterocycles. The number of rotatable bonds is 3. The van der Waals surface area contributed by atoms with Gasteiger partial charge in [-0.15, -0.1) is 0 Å². The lowest BCUT2D eigenvalue weighted by Crippen LogP contribution is -2.54. The molecule has 1 N–H and O–H groups in total. The van der Waals surface area contributed by atoms with Gasteiger partial charge in [0.15, 0.2) is 5.69 Å². The van der Waals surface area contributed by atoms with Crippen LogP contribution in [0.5, 0.6) is 5.75 Å². The van der Waals surface area contributed by atoms with Crippen molar-refractivity contribution in [2.75, 3.05) is 25.1 Å². The van der Waals surface area contributed by atoms with E-state index in [4.69, 9.17) is 16.3 Å². The largest absolute Gasteiger partial charge is 0.489 e. The first-order valence-electron chi connectivity index (χ1n) is 12.0. The maximum absolute atomic E-state index is 13.5. The van der Waals surface area contributed by atoms with Gasteiger partial charge in [0.25, 0.3) is 11.8 Å². The Labute approximate surface area is 220 Å². The molecule has 0 fully saturated rings. The van der Waals surface area contributed by atoms with Crippen molar-refractivity contribution in [3.8, 4) is 17.6 Å². The molecule has 3 heterocycles. The maximum atomic E-state index is 13.5. The number of aliphatic hydroxyl groups is 1. The Kier molecular flexibility index (Phi) is 6.44. The lowest BCUT2D eigenvalue weighted by atomic mass is 10.0. The summed E-state index contributed by atoms with van der Waals surface area (Å²) in [6.07, 6.45) is 0.492. The van der Waals surface area contributed by atoms with Crippen LogP contribution in [0.1, 0.15) is 41.0 Å². The van der Waals surface area contributed by atoms with Crippen LogP contribution in [-0.4, -0.2) is 63.4 Å². The molecule has 3 aromatic rings. The van der Waals surface area contributed by atoms with E-state index in [0.717, 1.165) is 5.56 Å². The van der Waals surface area contributed by atoms with E-state index in [-0.39, 0.29) is 24.1 Å². The third kappa shape index (κ3) is 4.93. The molecule has 8 nitrogen and oxygen atoms in total. The fourth-order valence-corrected chi connectivity index (χ4v) is 4.80. The number of nitrogens with zero attached hydrogens (tertiary/aromatic N) is 4. The number of fused-ring (bicyclic) bond motifs is 2. The zero-order valence-electron chi connectivity index (χ0n) is 20.9. The minimum Gasteiger partial charge on any atom is -0.489 e. The normalized spacial score (nSPS) is 17.4. The van der Waals surface area contributed by atoms with Crippen molar-refractivity contribution < 1.29 is 19.4 Å². The standard InChI is InChI=1S/C28H27ClN4O4/c1-28(2,36)13-11-18-9-10-21-23(15-18)37-17-22(26(34)31(21)3)32-14-12-20-24(27(32)35)30-33(25(20)29)16-19-7-5-4-6-8-19/h4-10,15,22,36H,12,14,16-17H2,1-3H3/t22-/m1/s1. The van der Waals surface area contributed by atoms with Gasteiger partial charge < -0.3 is 19.6 Å². The highest BCUT2D eigenvalue weighted by Crippen LogP contribution is 2.34. The van der Waals surface area contributed by atoms with Gasteiger partial charge in [0.2, 0.25) is 0 Å². The zero-order valence-corrected chi connectivity index (χ0v) is 21.6. The van der Waals surface area contributed by atoms with Crippen LogP contribution < -0.4 is 9.64 Å². The van der Waals surface area contributed by atoms with Gasteiger partial charge in [-0.05, 0) is 44.0 Å². The number of hydrogen-bond acceptors (Lipinski definition) is 5. The number of amides is 2. The van der Waals surface area contributed by atoms with E-state index in [9.17, 15) is 14.7 Å². The molecule has 0 radical (unpaired) electrons. The lowest BCUT2D eigenvalue weighted by molar-refractivity contribution is -0.123. The molecule has 0 aliphatic carbocycles. The average molecular weight is 519 g/mol. The molecule has 2 aromatic carbocycles. The van der Waals surface area contributed by atoms with Crippen molar-refractivity contribution in [2.24, 2.45) is 0 Å². The quantitative estimate of drug-likeness (QED) is 0.538. The Balaban J connectivity index is 1.39. The first kappa shape index (κ1) is 24.9. The molecule has 2 amide bonds. The van der Waals surface area contributed by atoms with Gasteiger partial charge in [-0.1, -0.05) is 53.8 Å². The number of likely N-dealkylation sites (N-methyl/N-ethyl adjacent to an activating group) is 1. The molecule has 2 aliphatic heterocycles. The second-order valence-corrected chi connectivity index (χ2v) is 10.1. The number of benzene rings is 2. The fourth-order valence-electron chi connectivity index (χ4n) is 4.52. The van der Waals surface area contributed by atoms with Crippen molar-refractivity contribution >= 4 is 29.1 Å². The van der Waals surface area contributed by atoms with Gasteiger partial charge in [-0.3, -0.25) is 9.59 Å². The summed E-state index contributed by atoms with van der Waals surface area (Å²) in [5, 5.41) is 14.9. The van der Waals surface area contributed by atoms with Crippen molar-refractivity contribution in [3.05, 3.63) is 76.1 Å². The highest BCUT2D eigenvalue weighted by Gasteiger charge is 2.40. The van der Waals surface area contributed by atoms with Crippen LogP contribution in [0.15, 0.2) is 48.5 Å². The van der Waals surface area contributed by atoms with Gasteiger partial charge in [0.05, 0.1) is 12.2 Å². The molecule has 37 heavy (non-hydrogen) atoms. The van der Waals surface area contributed by atoms with E-state index in [1.807, 2.05) is 30.3 Å². The van der Waals surface area contributed by atoms with E-state index in [1.165, 1.54) is 9.80 Å². The molecule has 0 saturated heterocycles. The van der Waals surface area contributed by atoms with Crippen molar-refractivity contribution in [2.45, 2.75) is 38.5 Å². The molecule has 0 unspecified atom stereocenters. The van der Waals surface area contributed by atoms with Crippen LogP contribution in [0, 0.1) is 11.8 Å². The summed E-state index contributed by atoms with van der Waals surface area (Å²) in [6.45, 7) is 3.99. The molecule has 0 saturated carbocycles. The molecular formula is C28H27ClN4O4. The van der Waals surface area contributed by atoms with Gasteiger partial charge >= 0.3 is 0 Å². The van der Waals surface area contributed by atoms with Crippen molar-refractivity contribution in [1.82, 2.24) is 14.7 Å². The second-order valence-electron chi connectivity index (χ2n) is 9.73. The number of hydrogen-bond donors (Lipinski definition) is 1. The summed E-state index contributed by atoms with van der Waals surface area (Å²) in [6, 6.07) is 14.2. The SMILES string of the molecule is CN1C(=O)[C@H](N2CCc3c(nn(Cc4ccccc4)c3Cl)C2=O)COc2cc(C#CC(C)(C)O)ccc21. The second kappa shape index (κ2) is 9.58. The number of carbonyl (C=O) groups is 2. The Morgan fingerprint density at radius 1 is 1.19 bits per heavy atom. The number of aromatic nitrogens is 2. The predicted octanol–water partition coefficient (Wildman–Crippen LogP) is 3.13. The topological polar surface area (TPSA) is 87.9 Å². The number of halogens is 1. The van der Waals surface area contributed by atoms with Crippen LogP contribution in [0.2, 0.25) is 5.15 Å². The first-order valence-corrected chi connectivity index (χ1v) is 12.4. The molecule has 0 bridgehead atoms. The Hall–Kier alpha value is -3.80. The summed E-state index contributed by atoms with van der Waals surface area (Å²) >= 11 is 6.60. The van der Waals surface area contributed by atoms with Gasteiger partial charge in [0, 0.05) is 24.7 Å². The summed E-state index contributed by atoms with van der Waals surface area (Å²) < 4.78 is 7.67. The zero-order chi connectivity index (χ0) is 26.3. The van der Waals surface area contributed by atoms with Gasteiger partial charge in [-0.25, -0.2) is 4.68 Å². The summed E-state index contributed by atoms with van der Waals surface area (Å²) in [4.78, 5) is 30.0. The molecule has 2 aliphatic rings. The predicted molar refractivity (Wildman–Crippen MR) is 140 cm³/mol. The number of carbonyl (C=O) groups excluding carboxylic acids is 2. The first-order chi connectivity index (χ1) is 17.6. The smallest absolute Gasteiger partial charge is 0.275 e. The number of anilines is 1. The van der Waals surface area contributed by atoms with E-state index in [1.54, 1.807) is 43.8 Å². The fraction of sp³-hybridized carbons (Fsp3) is 0.321. The van der Waals surface area contributed by atoms with E-state index >= 15 is 0 Å². The maximum Gasteiger partial charge on any atom is 0.275 e. The minimum atomic E-state index is -1.13. The van der Waals surface area contributed by atoms with Crippen LogP contribution in [0.3, 0.4) is 0 Å². The summed E-state index contributed by atoms with van der Waals surface area (Å²) in [5.41, 5.74) is 2.10. The van der Waals surface area contributed by atoms with E-state index < -0.39 is 11.6 Å². The number of ether oxygens (including phenoxy) is 1. The lowest BCUT2D eigenvalue weighted by Gasteiger charge is -2.33. The van der Waals surface area contributed by atoms with Crippen molar-refractivity contribution in [3.63, 3.8) is 0 Å². The van der Waals surface area contributed by atoms with Gasteiger partial charge in [0.1, 0.15) is 29.2 Å². The van der Waals surface area contributed by atoms with E-state index in [0.29, 0.717) is 47.2 Å². The van der Waals surface area contributed by atoms with Crippen LogP contribution in [0.25, 0.3) is 0 Å². The highest BCUT2D eigenvalue weighted by atomic mass is 35.5. The van der Waals surface area contributed by atoms with Crippen LogP contribution in [-0.2, 0) is 17.8 Å². The highest BCUT2D eigenvalue weighted by molar-refractivity contribution is 6.31. The third-order valence-electron chi connectivity index (χ3n) is 6.45. The molecule has 9 heteroatoms. The molecular weight excluding hydrogens is 492 g/mol. The Morgan fingerprint density at radius 3 is 2.68 bits per heavy atom. The third-order valence-corrected chi connectivity index (χ3v) is 6.87. The average Bonchev–Trinajstić information content (AvgIpc) is 3.13. The van der Waals surface area contributed by atoms with Crippen LogP contribution in [0.4, 0.5) is 5.69 Å². The van der Waals surface area contributed by atoms with E-state index in [2.05, 4.69) is 16.9 Å². The summed E-state index contributed by atoms with van der Waals surface area (Å²) in [5.74, 6) is 5.60. The molecule has 1 atom stereocenters.